The molecule has 0 radical (unpaired) electrons. The molecule has 2 heterocycles. The fraction of sp³-hybridized carbons (Fsp3) is 0. The number of nitrogens with zero attached hydrogens (tertiary/aromatic N) is 3. The zero-order chi connectivity index (χ0) is 13.9. The van der Waals surface area contributed by atoms with Crippen LogP contribution in [0.1, 0.15) is 10.5 Å². The Kier molecular flexibility index (Phi) is 2.96. The lowest BCUT2D eigenvalue weighted by Gasteiger charge is -2.08. The molecule has 0 unspecified atom stereocenters. The van der Waals surface area contributed by atoms with Crippen molar-refractivity contribution in [1.82, 2.24) is 15.2 Å². The fourth-order valence-electron chi connectivity index (χ4n) is 1.87. The van der Waals surface area contributed by atoms with Crippen molar-refractivity contribution in [3.63, 3.8) is 0 Å². The number of nitrogens with one attached hydrogen (secondary N) is 1. The van der Waals surface area contributed by atoms with Gasteiger partial charge in [0.25, 0.3) is 0 Å². The topological polar surface area (TPSA) is 88.0 Å². The maximum atomic E-state index is 10.7. The van der Waals surface area contributed by atoms with E-state index in [2.05, 4.69) is 20.5 Å². The van der Waals surface area contributed by atoms with E-state index in [1.165, 1.54) is 6.07 Å². The standard InChI is InChI=1S/C14H10N4O2/c19-14(20)12-4-5-13(18-17-12)16-11-3-1-2-9-6-7-15-8-10(9)11/h1-8H,(H,16,18)(H,19,20). The Morgan fingerprint density at radius 3 is 2.75 bits per heavy atom. The molecule has 1 aromatic carbocycles. The number of hydrogen-bond donors (Lipinski definition) is 2. The second kappa shape index (κ2) is 4.93. The second-order valence-electron chi connectivity index (χ2n) is 4.14. The highest BCUT2D eigenvalue weighted by Gasteiger charge is 2.06. The van der Waals surface area contributed by atoms with Crippen LogP contribution in [0.5, 0.6) is 0 Å². The molecule has 0 saturated heterocycles. The molecule has 0 aliphatic rings. The fourth-order valence-corrected chi connectivity index (χ4v) is 1.87. The highest BCUT2D eigenvalue weighted by Crippen LogP contribution is 2.24. The SMILES string of the molecule is O=C(O)c1ccc(Nc2cccc3ccncc23)nn1. The van der Waals surface area contributed by atoms with Gasteiger partial charge in [0.05, 0.1) is 0 Å². The van der Waals surface area contributed by atoms with Crippen LogP contribution in [0.3, 0.4) is 0 Å². The number of aromatic nitrogens is 3. The van der Waals surface area contributed by atoms with Crippen molar-refractivity contribution in [3.05, 3.63) is 54.5 Å². The maximum Gasteiger partial charge on any atom is 0.356 e. The van der Waals surface area contributed by atoms with Gasteiger partial charge in [-0.25, -0.2) is 4.79 Å². The summed E-state index contributed by atoms with van der Waals surface area (Å²) in [6.45, 7) is 0. The number of anilines is 2. The zero-order valence-electron chi connectivity index (χ0n) is 10.3. The van der Waals surface area contributed by atoms with E-state index in [1.807, 2.05) is 24.3 Å². The summed E-state index contributed by atoms with van der Waals surface area (Å²) < 4.78 is 0. The minimum Gasteiger partial charge on any atom is -0.476 e. The smallest absolute Gasteiger partial charge is 0.356 e. The van der Waals surface area contributed by atoms with Crippen LogP contribution in [0.4, 0.5) is 11.5 Å². The molecule has 2 N–H and O–H groups in total. The highest BCUT2D eigenvalue weighted by molar-refractivity contribution is 5.94. The molecular weight excluding hydrogens is 256 g/mol. The first kappa shape index (κ1) is 12.0. The van der Waals surface area contributed by atoms with Gasteiger partial charge < -0.3 is 10.4 Å². The van der Waals surface area contributed by atoms with Crippen LogP contribution in [-0.4, -0.2) is 26.3 Å². The van der Waals surface area contributed by atoms with E-state index < -0.39 is 5.97 Å². The molecule has 0 aliphatic carbocycles. The largest absolute Gasteiger partial charge is 0.476 e. The summed E-state index contributed by atoms with van der Waals surface area (Å²) >= 11 is 0. The van der Waals surface area contributed by atoms with Crippen molar-refractivity contribution in [3.8, 4) is 0 Å². The first-order valence-corrected chi connectivity index (χ1v) is 5.91. The first-order valence-electron chi connectivity index (χ1n) is 5.91. The van der Waals surface area contributed by atoms with Crippen LogP contribution in [-0.2, 0) is 0 Å². The van der Waals surface area contributed by atoms with Crippen LogP contribution in [0.15, 0.2) is 48.8 Å². The molecule has 0 spiro atoms. The molecule has 98 valence electrons. The number of aromatic carboxylic acids is 1. The molecule has 3 rings (SSSR count). The first-order chi connectivity index (χ1) is 9.74. The summed E-state index contributed by atoms with van der Waals surface area (Å²) in [6, 6.07) is 10.7. The summed E-state index contributed by atoms with van der Waals surface area (Å²) in [5, 5.41) is 21.4. The molecule has 0 bridgehead atoms. The monoisotopic (exact) mass is 266 g/mol. The number of rotatable bonds is 3. The average molecular weight is 266 g/mol. The lowest BCUT2D eigenvalue weighted by molar-refractivity contribution is 0.0689. The van der Waals surface area contributed by atoms with E-state index in [1.54, 1.807) is 18.5 Å². The summed E-state index contributed by atoms with van der Waals surface area (Å²) in [4.78, 5) is 14.8. The number of hydrogen-bond acceptors (Lipinski definition) is 5. The van der Waals surface area contributed by atoms with Gasteiger partial charge in [-0.3, -0.25) is 4.98 Å². The third-order valence-corrected chi connectivity index (χ3v) is 2.83. The van der Waals surface area contributed by atoms with E-state index in [0.717, 1.165) is 16.5 Å². The molecular formula is C14H10N4O2. The molecule has 0 fully saturated rings. The third-order valence-electron chi connectivity index (χ3n) is 2.83. The number of carboxylic acid groups (broad SMARTS) is 1. The van der Waals surface area contributed by atoms with Gasteiger partial charge in [-0.05, 0) is 29.7 Å². The molecule has 0 amide bonds. The Morgan fingerprint density at radius 1 is 1.10 bits per heavy atom. The van der Waals surface area contributed by atoms with Gasteiger partial charge in [-0.2, -0.15) is 0 Å². The molecule has 20 heavy (non-hydrogen) atoms. The molecule has 3 aromatic rings. The Labute approximate surface area is 114 Å². The van der Waals surface area contributed by atoms with Crippen molar-refractivity contribution in [2.75, 3.05) is 5.32 Å². The van der Waals surface area contributed by atoms with E-state index >= 15 is 0 Å². The van der Waals surface area contributed by atoms with Gasteiger partial charge in [-0.1, -0.05) is 12.1 Å². The summed E-state index contributed by atoms with van der Waals surface area (Å²) in [5.41, 5.74) is 0.753. The normalized spacial score (nSPS) is 10.4. The maximum absolute atomic E-state index is 10.7. The number of benzene rings is 1. The lowest BCUT2D eigenvalue weighted by Crippen LogP contribution is -2.03. The Bertz CT molecular complexity index is 766. The van der Waals surface area contributed by atoms with Crippen molar-refractivity contribution in [2.45, 2.75) is 0 Å². The van der Waals surface area contributed by atoms with Gasteiger partial charge >= 0.3 is 5.97 Å². The minimum atomic E-state index is -1.10. The molecule has 0 saturated carbocycles. The van der Waals surface area contributed by atoms with Crippen LogP contribution in [0.25, 0.3) is 10.8 Å². The Morgan fingerprint density at radius 2 is 2.00 bits per heavy atom. The molecule has 6 nitrogen and oxygen atoms in total. The van der Waals surface area contributed by atoms with E-state index in [9.17, 15) is 4.79 Å². The van der Waals surface area contributed by atoms with Crippen molar-refractivity contribution in [2.24, 2.45) is 0 Å². The van der Waals surface area contributed by atoms with Gasteiger partial charge in [-0.15, -0.1) is 10.2 Å². The van der Waals surface area contributed by atoms with Gasteiger partial charge in [0, 0.05) is 23.5 Å². The van der Waals surface area contributed by atoms with Crippen molar-refractivity contribution >= 4 is 28.2 Å². The number of pyridine rings is 1. The minimum absolute atomic E-state index is 0.0878. The van der Waals surface area contributed by atoms with Crippen molar-refractivity contribution < 1.29 is 9.90 Å². The van der Waals surface area contributed by atoms with E-state index in [4.69, 9.17) is 5.11 Å². The number of fused-ring (bicyclic) bond motifs is 1. The predicted octanol–water partition coefficient (Wildman–Crippen LogP) is 2.47. The third kappa shape index (κ3) is 2.26. The van der Waals surface area contributed by atoms with Crippen LogP contribution < -0.4 is 5.32 Å². The van der Waals surface area contributed by atoms with Gasteiger partial charge in [0.1, 0.15) is 0 Å². The quantitative estimate of drug-likeness (QED) is 0.757. The predicted molar refractivity (Wildman–Crippen MR) is 74.0 cm³/mol. The van der Waals surface area contributed by atoms with Crippen molar-refractivity contribution in [1.29, 1.82) is 0 Å². The number of carboxylic acids is 1. The van der Waals surface area contributed by atoms with E-state index in [0.29, 0.717) is 5.82 Å². The van der Waals surface area contributed by atoms with Crippen LogP contribution in [0, 0.1) is 0 Å². The van der Waals surface area contributed by atoms with Gasteiger partial charge in [0.2, 0.25) is 0 Å². The Balaban J connectivity index is 1.95. The molecule has 0 atom stereocenters. The van der Waals surface area contributed by atoms with Crippen LogP contribution in [0.2, 0.25) is 0 Å². The molecule has 2 aromatic heterocycles. The lowest BCUT2D eigenvalue weighted by atomic mass is 10.1. The summed E-state index contributed by atoms with van der Waals surface area (Å²) in [6.07, 6.45) is 3.49. The van der Waals surface area contributed by atoms with Gasteiger partial charge in [0.15, 0.2) is 11.5 Å². The van der Waals surface area contributed by atoms with E-state index in [-0.39, 0.29) is 5.69 Å². The Hall–Kier alpha value is -3.02. The summed E-state index contributed by atoms with van der Waals surface area (Å²) in [7, 11) is 0. The summed E-state index contributed by atoms with van der Waals surface area (Å²) in [5.74, 6) is -0.621. The number of carbonyl (C=O) groups is 1. The molecule has 0 aliphatic heterocycles. The highest BCUT2D eigenvalue weighted by atomic mass is 16.4. The van der Waals surface area contributed by atoms with Crippen LogP contribution >= 0.6 is 0 Å². The zero-order valence-corrected chi connectivity index (χ0v) is 10.3. The second-order valence-corrected chi connectivity index (χ2v) is 4.14. The molecule has 6 heteroatoms. The average Bonchev–Trinajstić information content (AvgIpc) is 2.48.